The van der Waals surface area contributed by atoms with Gasteiger partial charge in [0.25, 0.3) is 0 Å². The number of benzene rings is 1. The molecule has 0 fully saturated rings. The Bertz CT molecular complexity index is 506. The molecule has 3 nitrogen and oxygen atoms in total. The highest BCUT2D eigenvalue weighted by Gasteiger charge is 2.31. The maximum atomic E-state index is 12.7. The fourth-order valence-electron chi connectivity index (χ4n) is 2.15. The Morgan fingerprint density at radius 1 is 1.23 bits per heavy atom. The van der Waals surface area contributed by atoms with Crippen LogP contribution in [0.2, 0.25) is 0 Å². The molecule has 0 N–H and O–H groups in total. The van der Waals surface area contributed by atoms with E-state index < -0.39 is 5.60 Å². The summed E-state index contributed by atoms with van der Waals surface area (Å²) in [5, 5.41) is 0. The smallest absolute Gasteiger partial charge is 0.421 e. The molecule has 1 atom stereocenters. The number of hydrogen-bond donors (Lipinski definition) is 0. The van der Waals surface area contributed by atoms with Crippen molar-refractivity contribution in [3.8, 4) is 0 Å². The van der Waals surface area contributed by atoms with E-state index in [1.165, 1.54) is 11.9 Å². The van der Waals surface area contributed by atoms with E-state index in [-0.39, 0.29) is 18.1 Å². The fraction of sp³-hybridized carbons (Fsp3) is 0.500. The SMILES string of the molecule is C=C(C)C(C(C)C)N(Sc1ccccc1)C(=O)OC(C)(C)C. The zero-order chi connectivity index (χ0) is 16.9. The highest BCUT2D eigenvalue weighted by molar-refractivity contribution is 7.97. The first-order valence-electron chi connectivity index (χ1n) is 7.52. The van der Waals surface area contributed by atoms with Crippen LogP contribution in [0.4, 0.5) is 4.79 Å². The normalized spacial score (nSPS) is 12.9. The molecule has 0 aromatic heterocycles. The van der Waals surface area contributed by atoms with Gasteiger partial charge in [-0.3, -0.25) is 0 Å². The van der Waals surface area contributed by atoms with Crippen molar-refractivity contribution >= 4 is 18.0 Å². The predicted octanol–water partition coefficient (Wildman–Crippen LogP) is 5.53. The van der Waals surface area contributed by atoms with Crippen LogP contribution in [0.1, 0.15) is 41.5 Å². The summed E-state index contributed by atoms with van der Waals surface area (Å²) in [6.45, 7) is 15.8. The largest absolute Gasteiger partial charge is 0.443 e. The van der Waals surface area contributed by atoms with Crippen molar-refractivity contribution in [2.24, 2.45) is 5.92 Å². The molecule has 0 aliphatic rings. The second-order valence-corrected chi connectivity index (χ2v) is 7.79. The summed E-state index contributed by atoms with van der Waals surface area (Å²) in [5.74, 6) is 0.251. The number of carbonyl (C=O) groups is 1. The van der Waals surface area contributed by atoms with Gasteiger partial charge in [-0.1, -0.05) is 44.2 Å². The topological polar surface area (TPSA) is 29.5 Å². The molecule has 0 aliphatic carbocycles. The zero-order valence-corrected chi connectivity index (χ0v) is 15.2. The van der Waals surface area contributed by atoms with Crippen molar-refractivity contribution in [1.29, 1.82) is 0 Å². The van der Waals surface area contributed by atoms with Gasteiger partial charge in [0.2, 0.25) is 0 Å². The lowest BCUT2D eigenvalue weighted by Crippen LogP contribution is -2.42. The third-order valence-corrected chi connectivity index (χ3v) is 3.97. The molecular formula is C18H27NO2S. The highest BCUT2D eigenvalue weighted by atomic mass is 32.2. The summed E-state index contributed by atoms with van der Waals surface area (Å²) >= 11 is 1.40. The van der Waals surface area contributed by atoms with Gasteiger partial charge >= 0.3 is 6.09 Å². The Hall–Kier alpha value is -1.42. The van der Waals surface area contributed by atoms with Crippen molar-refractivity contribution in [2.75, 3.05) is 0 Å². The van der Waals surface area contributed by atoms with Gasteiger partial charge in [0.15, 0.2) is 0 Å². The number of amides is 1. The quantitative estimate of drug-likeness (QED) is 0.527. The van der Waals surface area contributed by atoms with Gasteiger partial charge in [0, 0.05) is 4.90 Å². The number of hydrogen-bond acceptors (Lipinski definition) is 3. The van der Waals surface area contributed by atoms with E-state index in [4.69, 9.17) is 4.74 Å². The fourth-order valence-corrected chi connectivity index (χ4v) is 3.30. The third-order valence-electron chi connectivity index (χ3n) is 2.91. The lowest BCUT2D eigenvalue weighted by atomic mass is 9.98. The van der Waals surface area contributed by atoms with Crippen LogP contribution in [0.15, 0.2) is 47.4 Å². The summed E-state index contributed by atoms with van der Waals surface area (Å²) in [6.07, 6.45) is -0.331. The number of nitrogens with zero attached hydrogens (tertiary/aromatic N) is 1. The molecule has 1 unspecified atom stereocenters. The molecule has 1 aromatic rings. The first-order valence-corrected chi connectivity index (χ1v) is 8.30. The molecule has 1 rings (SSSR count). The van der Waals surface area contributed by atoms with E-state index in [0.29, 0.717) is 0 Å². The molecule has 0 radical (unpaired) electrons. The molecule has 1 aromatic carbocycles. The summed E-state index contributed by atoms with van der Waals surface area (Å²) < 4.78 is 7.28. The summed E-state index contributed by atoms with van der Waals surface area (Å²) in [6, 6.07) is 9.76. The molecular weight excluding hydrogens is 294 g/mol. The number of carbonyl (C=O) groups excluding carboxylic acids is 1. The van der Waals surface area contributed by atoms with Crippen LogP contribution in [0.25, 0.3) is 0 Å². The molecule has 0 saturated heterocycles. The standard InChI is InChI=1S/C18H27NO2S/c1-13(2)16(14(3)4)19(17(20)21-18(5,6)7)22-15-11-9-8-10-12-15/h8-12,14,16H,1H2,2-7H3. The Labute approximate surface area is 138 Å². The number of ether oxygens (including phenoxy) is 1. The lowest BCUT2D eigenvalue weighted by molar-refractivity contribution is 0.0349. The Balaban J connectivity index is 3.08. The second kappa shape index (κ2) is 7.73. The molecule has 0 heterocycles. The summed E-state index contributed by atoms with van der Waals surface area (Å²) in [4.78, 5) is 13.7. The Kier molecular flexibility index (Phi) is 6.54. The zero-order valence-electron chi connectivity index (χ0n) is 14.4. The van der Waals surface area contributed by atoms with Crippen molar-refractivity contribution in [3.05, 3.63) is 42.5 Å². The molecule has 0 saturated carbocycles. The van der Waals surface area contributed by atoms with E-state index in [1.54, 1.807) is 4.31 Å². The van der Waals surface area contributed by atoms with Crippen molar-refractivity contribution in [2.45, 2.75) is 58.1 Å². The molecule has 122 valence electrons. The highest BCUT2D eigenvalue weighted by Crippen LogP contribution is 2.32. The van der Waals surface area contributed by atoms with Crippen LogP contribution in [-0.4, -0.2) is 22.0 Å². The number of rotatable bonds is 5. The van der Waals surface area contributed by atoms with Gasteiger partial charge in [0.05, 0.1) is 6.04 Å². The molecule has 0 spiro atoms. The van der Waals surface area contributed by atoms with E-state index in [2.05, 4.69) is 20.4 Å². The average Bonchev–Trinajstić information content (AvgIpc) is 2.36. The Morgan fingerprint density at radius 2 is 1.77 bits per heavy atom. The Morgan fingerprint density at radius 3 is 2.18 bits per heavy atom. The van der Waals surface area contributed by atoms with Crippen LogP contribution in [0.5, 0.6) is 0 Å². The predicted molar refractivity (Wildman–Crippen MR) is 93.8 cm³/mol. The lowest BCUT2D eigenvalue weighted by Gasteiger charge is -2.35. The molecule has 4 heteroatoms. The monoisotopic (exact) mass is 321 g/mol. The van der Waals surface area contributed by atoms with Crippen LogP contribution in [0.3, 0.4) is 0 Å². The minimum Gasteiger partial charge on any atom is -0.443 e. The molecule has 22 heavy (non-hydrogen) atoms. The van der Waals surface area contributed by atoms with Gasteiger partial charge in [-0.15, -0.1) is 0 Å². The average molecular weight is 321 g/mol. The minimum atomic E-state index is -0.525. The molecule has 1 amide bonds. The van der Waals surface area contributed by atoms with Crippen LogP contribution in [-0.2, 0) is 4.74 Å². The third kappa shape index (κ3) is 5.76. The summed E-state index contributed by atoms with van der Waals surface area (Å²) in [5.41, 5.74) is 0.424. The van der Waals surface area contributed by atoms with Gasteiger partial charge < -0.3 is 4.74 Å². The van der Waals surface area contributed by atoms with Crippen molar-refractivity contribution < 1.29 is 9.53 Å². The van der Waals surface area contributed by atoms with Crippen molar-refractivity contribution in [1.82, 2.24) is 4.31 Å². The van der Waals surface area contributed by atoms with E-state index in [0.717, 1.165) is 10.5 Å². The van der Waals surface area contributed by atoms with Crippen LogP contribution >= 0.6 is 11.9 Å². The minimum absolute atomic E-state index is 0.0833. The van der Waals surface area contributed by atoms with Gasteiger partial charge in [-0.2, -0.15) is 0 Å². The second-order valence-electron chi connectivity index (χ2n) is 6.75. The maximum Gasteiger partial charge on any atom is 0.421 e. The van der Waals surface area contributed by atoms with Crippen molar-refractivity contribution in [3.63, 3.8) is 0 Å². The van der Waals surface area contributed by atoms with Crippen LogP contribution in [0, 0.1) is 5.92 Å². The first-order chi connectivity index (χ1) is 10.1. The van der Waals surface area contributed by atoms with E-state index in [9.17, 15) is 4.79 Å². The van der Waals surface area contributed by atoms with E-state index in [1.807, 2.05) is 58.0 Å². The van der Waals surface area contributed by atoms with Gasteiger partial charge in [-0.05, 0) is 57.7 Å². The van der Waals surface area contributed by atoms with Gasteiger partial charge in [0.1, 0.15) is 5.60 Å². The molecule has 0 aliphatic heterocycles. The van der Waals surface area contributed by atoms with E-state index >= 15 is 0 Å². The van der Waals surface area contributed by atoms with Gasteiger partial charge in [-0.25, -0.2) is 9.10 Å². The van der Waals surface area contributed by atoms with Crippen LogP contribution < -0.4 is 0 Å². The summed E-state index contributed by atoms with van der Waals surface area (Å²) in [7, 11) is 0. The first kappa shape index (κ1) is 18.6. The molecule has 0 bridgehead atoms. The maximum absolute atomic E-state index is 12.7.